The van der Waals surface area contributed by atoms with Gasteiger partial charge >= 0.3 is 0 Å². The van der Waals surface area contributed by atoms with Crippen LogP contribution in [0.25, 0.3) is 0 Å². The van der Waals surface area contributed by atoms with Crippen molar-refractivity contribution in [2.24, 2.45) is 4.99 Å². The van der Waals surface area contributed by atoms with E-state index >= 15 is 0 Å². The van der Waals surface area contributed by atoms with E-state index in [9.17, 15) is 4.79 Å². The second-order valence-electron chi connectivity index (χ2n) is 4.89. The molecule has 1 aromatic carbocycles. The van der Waals surface area contributed by atoms with Crippen LogP contribution >= 0.6 is 15.9 Å². The van der Waals surface area contributed by atoms with Crippen LogP contribution in [0, 0.1) is 6.92 Å². The average Bonchev–Trinajstić information content (AvgIpc) is 2.48. The molecule has 0 fully saturated rings. The number of aliphatic imine (C=N–C) groups is 1. The number of carbonyl (C=O) groups excluding carboxylic acids is 1. The number of pyridine rings is 1. The van der Waals surface area contributed by atoms with Gasteiger partial charge in [-0.3, -0.25) is 4.79 Å². The summed E-state index contributed by atoms with van der Waals surface area (Å²) in [6, 6.07) is 10.7. The first-order chi connectivity index (χ1) is 10.5. The molecule has 114 valence electrons. The average molecular weight is 377 g/mol. The molecular formula is C17H17BrN2OS. The largest absolute Gasteiger partial charge is 0.758 e. The van der Waals surface area contributed by atoms with Gasteiger partial charge in [0.1, 0.15) is 0 Å². The standard InChI is InChI=1S/C17H17BrN2OS/c1-3-19-17(22)15(20-10-6-7-12(2)11-20)16(21)13-8-4-5-9-14(13)18/h4-11,15H,3H2,1-2H3. The number of carbonyl (C=O) groups is 1. The maximum absolute atomic E-state index is 13.0. The summed E-state index contributed by atoms with van der Waals surface area (Å²) in [5.41, 5.74) is 1.67. The third kappa shape index (κ3) is 3.78. The fraction of sp³-hybridized carbons (Fsp3) is 0.235. The van der Waals surface area contributed by atoms with E-state index in [1.54, 1.807) is 6.07 Å². The molecular weight excluding hydrogens is 360 g/mol. The first-order valence-corrected chi connectivity index (χ1v) is 8.22. The molecule has 0 bridgehead atoms. The molecule has 1 unspecified atom stereocenters. The number of nitrogens with zero attached hydrogens (tertiary/aromatic N) is 2. The molecule has 0 aliphatic heterocycles. The van der Waals surface area contributed by atoms with Gasteiger partial charge in [-0.05, 0) is 37.1 Å². The van der Waals surface area contributed by atoms with E-state index in [4.69, 9.17) is 12.6 Å². The third-order valence-electron chi connectivity index (χ3n) is 3.20. The normalized spacial score (nSPS) is 13.0. The van der Waals surface area contributed by atoms with Crippen LogP contribution in [0.3, 0.4) is 0 Å². The first-order valence-electron chi connectivity index (χ1n) is 7.02. The Hall–Kier alpha value is -1.59. The molecule has 1 atom stereocenters. The number of benzene rings is 1. The summed E-state index contributed by atoms with van der Waals surface area (Å²) in [6.07, 6.45) is 3.76. The van der Waals surface area contributed by atoms with Gasteiger partial charge < -0.3 is 17.6 Å². The minimum atomic E-state index is -0.603. The molecule has 2 rings (SSSR count). The number of ketones is 1. The van der Waals surface area contributed by atoms with E-state index in [-0.39, 0.29) is 5.78 Å². The minimum Gasteiger partial charge on any atom is -0.758 e. The number of aryl methyl sites for hydroxylation is 1. The predicted octanol–water partition coefficient (Wildman–Crippen LogP) is 3.43. The van der Waals surface area contributed by atoms with Crippen LogP contribution in [-0.4, -0.2) is 17.4 Å². The third-order valence-corrected chi connectivity index (χ3v) is 4.25. The van der Waals surface area contributed by atoms with Crippen LogP contribution in [0.15, 0.2) is 58.3 Å². The Bertz CT molecular complexity index is 715. The van der Waals surface area contributed by atoms with Crippen LogP contribution in [0.1, 0.15) is 28.9 Å². The molecule has 0 aliphatic carbocycles. The summed E-state index contributed by atoms with van der Waals surface area (Å²) < 4.78 is 2.59. The Morgan fingerprint density at radius 2 is 2.05 bits per heavy atom. The number of aromatic nitrogens is 1. The van der Waals surface area contributed by atoms with E-state index in [1.165, 1.54) is 0 Å². The Balaban J connectivity index is 2.52. The molecule has 1 heterocycles. The summed E-state index contributed by atoms with van der Waals surface area (Å²) in [6.45, 7) is 4.45. The fourth-order valence-corrected chi connectivity index (χ4v) is 3.04. The van der Waals surface area contributed by atoms with Crippen LogP contribution in [0.2, 0.25) is 0 Å². The molecule has 0 amide bonds. The zero-order valence-corrected chi connectivity index (χ0v) is 14.9. The van der Waals surface area contributed by atoms with Crippen LogP contribution in [0.5, 0.6) is 0 Å². The molecule has 0 aliphatic rings. The molecule has 0 saturated heterocycles. The zero-order chi connectivity index (χ0) is 16.1. The van der Waals surface area contributed by atoms with Crippen LogP contribution in [-0.2, 0) is 12.6 Å². The number of hydrogen-bond acceptors (Lipinski definition) is 3. The molecule has 2 aromatic rings. The SMILES string of the molecule is CCN=C([S-])C(C(=O)c1ccccc1Br)[n+]1cccc(C)c1. The number of hydrogen-bond donors (Lipinski definition) is 0. The van der Waals surface area contributed by atoms with Crippen molar-refractivity contribution in [3.05, 3.63) is 64.4 Å². The monoisotopic (exact) mass is 376 g/mol. The lowest BCUT2D eigenvalue weighted by Gasteiger charge is -2.19. The smallest absolute Gasteiger partial charge is 0.237 e. The van der Waals surface area contributed by atoms with Crippen molar-refractivity contribution in [3.63, 3.8) is 0 Å². The predicted molar refractivity (Wildman–Crippen MR) is 94.2 cm³/mol. The van der Waals surface area contributed by atoms with Crippen LogP contribution in [0.4, 0.5) is 0 Å². The Morgan fingerprint density at radius 3 is 2.68 bits per heavy atom. The molecule has 5 heteroatoms. The number of rotatable bonds is 5. The van der Waals surface area contributed by atoms with E-state index in [0.29, 0.717) is 17.2 Å². The Kier molecular flexibility index (Phi) is 5.80. The number of Topliss-reactive ketones (excluding diaryl/α,β-unsaturated/α-hetero) is 1. The maximum Gasteiger partial charge on any atom is 0.237 e. The highest BCUT2D eigenvalue weighted by Crippen LogP contribution is 2.20. The van der Waals surface area contributed by atoms with Gasteiger partial charge in [-0.25, -0.2) is 0 Å². The second-order valence-corrected chi connectivity index (χ2v) is 6.16. The van der Waals surface area contributed by atoms with Gasteiger partial charge in [0.25, 0.3) is 0 Å². The topological polar surface area (TPSA) is 33.3 Å². The summed E-state index contributed by atoms with van der Waals surface area (Å²) in [5, 5.41) is 0.402. The lowest BCUT2D eigenvalue weighted by Crippen LogP contribution is -2.48. The zero-order valence-electron chi connectivity index (χ0n) is 12.5. The highest BCUT2D eigenvalue weighted by Gasteiger charge is 2.29. The van der Waals surface area contributed by atoms with E-state index in [1.807, 2.05) is 61.1 Å². The summed E-state index contributed by atoms with van der Waals surface area (Å²) in [7, 11) is 0. The van der Waals surface area contributed by atoms with Gasteiger partial charge in [0.05, 0.1) is 0 Å². The summed E-state index contributed by atoms with van der Waals surface area (Å²) in [4.78, 5) is 17.3. The molecule has 0 N–H and O–H groups in total. The van der Waals surface area contributed by atoms with Crippen molar-refractivity contribution in [2.75, 3.05) is 6.54 Å². The number of halogens is 1. The van der Waals surface area contributed by atoms with Crippen molar-refractivity contribution in [2.45, 2.75) is 19.9 Å². The van der Waals surface area contributed by atoms with Crippen molar-refractivity contribution in [1.82, 2.24) is 0 Å². The van der Waals surface area contributed by atoms with Crippen molar-refractivity contribution in [1.29, 1.82) is 0 Å². The van der Waals surface area contributed by atoms with Crippen molar-refractivity contribution in [3.8, 4) is 0 Å². The molecule has 0 saturated carbocycles. The molecule has 22 heavy (non-hydrogen) atoms. The van der Waals surface area contributed by atoms with E-state index in [0.717, 1.165) is 10.0 Å². The molecule has 3 nitrogen and oxygen atoms in total. The maximum atomic E-state index is 13.0. The van der Waals surface area contributed by atoms with Crippen molar-refractivity contribution >= 4 is 39.4 Å². The molecule has 0 spiro atoms. The lowest BCUT2D eigenvalue weighted by atomic mass is 10.0. The van der Waals surface area contributed by atoms with Gasteiger partial charge in [-0.15, -0.1) is 0 Å². The van der Waals surface area contributed by atoms with Crippen molar-refractivity contribution < 1.29 is 9.36 Å². The minimum absolute atomic E-state index is 0.0646. The van der Waals surface area contributed by atoms with Gasteiger partial charge in [0.2, 0.25) is 11.8 Å². The van der Waals surface area contributed by atoms with E-state index in [2.05, 4.69) is 20.9 Å². The second kappa shape index (κ2) is 7.61. The first kappa shape index (κ1) is 16.8. The van der Waals surface area contributed by atoms with Crippen LogP contribution < -0.4 is 4.57 Å². The van der Waals surface area contributed by atoms with Gasteiger partial charge in [-0.1, -0.05) is 28.1 Å². The van der Waals surface area contributed by atoms with Gasteiger partial charge in [0, 0.05) is 28.2 Å². The quantitative estimate of drug-likeness (QED) is 0.263. The van der Waals surface area contributed by atoms with Gasteiger partial charge in [-0.2, -0.15) is 4.57 Å². The fourth-order valence-electron chi connectivity index (χ4n) is 2.20. The van der Waals surface area contributed by atoms with Gasteiger partial charge in [0.15, 0.2) is 12.4 Å². The lowest BCUT2D eigenvalue weighted by molar-refractivity contribution is -0.692. The highest BCUT2D eigenvalue weighted by atomic mass is 79.9. The van der Waals surface area contributed by atoms with E-state index < -0.39 is 6.04 Å². The molecule has 0 radical (unpaired) electrons. The highest BCUT2D eigenvalue weighted by molar-refractivity contribution is 9.10. The molecule has 1 aromatic heterocycles. The Morgan fingerprint density at radius 1 is 1.32 bits per heavy atom. The summed E-state index contributed by atoms with van der Waals surface area (Å²) in [5.74, 6) is -0.0646. The Labute approximate surface area is 144 Å². The summed E-state index contributed by atoms with van der Waals surface area (Å²) >= 11 is 8.83.